The van der Waals surface area contributed by atoms with Gasteiger partial charge in [-0.15, -0.1) is 0 Å². The molecule has 0 unspecified atom stereocenters. The summed E-state index contributed by atoms with van der Waals surface area (Å²) < 4.78 is 13.5. The predicted molar refractivity (Wildman–Crippen MR) is 133 cm³/mol. The molecule has 3 rings (SSSR count). The van der Waals surface area contributed by atoms with E-state index in [0.29, 0.717) is 17.7 Å². The van der Waals surface area contributed by atoms with Gasteiger partial charge in [0.15, 0.2) is 0 Å². The van der Waals surface area contributed by atoms with Crippen LogP contribution in [0.1, 0.15) is 43.5 Å². The number of rotatable bonds is 8. The van der Waals surface area contributed by atoms with E-state index in [-0.39, 0.29) is 23.7 Å². The van der Waals surface area contributed by atoms with Crippen LogP contribution in [0.2, 0.25) is 0 Å². The van der Waals surface area contributed by atoms with Gasteiger partial charge < -0.3 is 5.32 Å². The number of anilines is 1. The molecule has 34 heavy (non-hydrogen) atoms. The van der Waals surface area contributed by atoms with Crippen LogP contribution in [0.25, 0.3) is 0 Å². The third kappa shape index (κ3) is 6.16. The normalized spacial score (nSPS) is 12.0. The van der Waals surface area contributed by atoms with E-state index in [4.69, 9.17) is 0 Å². The van der Waals surface area contributed by atoms with Crippen molar-refractivity contribution in [1.29, 1.82) is 0 Å². The molecular weight excluding hydrogens is 429 g/mol. The van der Waals surface area contributed by atoms with Crippen molar-refractivity contribution in [3.8, 4) is 0 Å². The number of benzene rings is 2. The van der Waals surface area contributed by atoms with E-state index in [1.54, 1.807) is 36.7 Å². The van der Waals surface area contributed by atoms with Gasteiger partial charge in [0.05, 0.1) is 0 Å². The predicted octanol–water partition coefficient (Wildman–Crippen LogP) is 5.14. The summed E-state index contributed by atoms with van der Waals surface area (Å²) in [5, 5.41) is 2.90. The first kappa shape index (κ1) is 24.8. The fourth-order valence-corrected chi connectivity index (χ4v) is 3.70. The average molecular weight is 460 g/mol. The molecule has 0 aliphatic heterocycles. The van der Waals surface area contributed by atoms with Gasteiger partial charge >= 0.3 is 0 Å². The number of pyridine rings is 1. The fraction of sp³-hybridized carbons (Fsp3) is 0.250. The molecule has 176 valence electrons. The highest BCUT2D eigenvalue weighted by Gasteiger charge is 2.32. The molecule has 0 radical (unpaired) electrons. The Morgan fingerprint density at radius 2 is 1.85 bits per heavy atom. The molecular formula is C28H30FN3O2. The Labute approximate surface area is 200 Å². The second kappa shape index (κ2) is 10.9. The summed E-state index contributed by atoms with van der Waals surface area (Å²) in [5.74, 6) is -1.09. The maximum Gasteiger partial charge on any atom is 0.251 e. The Kier molecular flexibility index (Phi) is 7.95. The van der Waals surface area contributed by atoms with Crippen LogP contribution in [-0.4, -0.2) is 23.3 Å². The lowest BCUT2D eigenvalue weighted by atomic mass is 9.87. The van der Waals surface area contributed by atoms with E-state index < -0.39 is 11.9 Å². The van der Waals surface area contributed by atoms with Crippen molar-refractivity contribution in [2.24, 2.45) is 0 Å². The summed E-state index contributed by atoms with van der Waals surface area (Å²) >= 11 is 0. The molecule has 6 heteroatoms. The molecule has 0 saturated carbocycles. The van der Waals surface area contributed by atoms with Crippen LogP contribution in [0.4, 0.5) is 10.1 Å². The molecule has 0 saturated heterocycles. The number of nitrogens with zero attached hydrogens (tertiary/aromatic N) is 2. The van der Waals surface area contributed by atoms with Gasteiger partial charge in [-0.05, 0) is 59.4 Å². The molecule has 2 amide bonds. The lowest BCUT2D eigenvalue weighted by molar-refractivity contribution is -0.125. The molecule has 0 spiro atoms. The number of hydrogen-bond acceptors (Lipinski definition) is 3. The monoisotopic (exact) mass is 459 g/mol. The SMILES string of the molecule is C=CC(=O)N(c1ccc(C(C)(C)C)cc1)[C@H](C(=O)NCCc1cccc(F)c1)c1cccnc1. The number of nitrogens with one attached hydrogen (secondary N) is 1. The number of aromatic nitrogens is 1. The minimum absolute atomic E-state index is 0.0527. The van der Waals surface area contributed by atoms with Crippen LogP contribution in [0.15, 0.2) is 85.7 Å². The molecule has 2 aromatic carbocycles. The first-order valence-corrected chi connectivity index (χ1v) is 11.2. The maximum absolute atomic E-state index is 13.5. The number of amides is 2. The summed E-state index contributed by atoms with van der Waals surface area (Å²) in [4.78, 5) is 32.0. The third-order valence-corrected chi connectivity index (χ3v) is 5.53. The number of hydrogen-bond donors (Lipinski definition) is 1. The van der Waals surface area contributed by atoms with E-state index in [1.165, 1.54) is 23.1 Å². The van der Waals surface area contributed by atoms with Crippen molar-refractivity contribution in [3.63, 3.8) is 0 Å². The van der Waals surface area contributed by atoms with Gasteiger partial charge in [0.2, 0.25) is 5.91 Å². The molecule has 0 aliphatic carbocycles. The molecule has 1 N–H and O–H groups in total. The highest BCUT2D eigenvalue weighted by Crippen LogP contribution is 2.30. The van der Waals surface area contributed by atoms with Gasteiger partial charge in [-0.2, -0.15) is 0 Å². The zero-order valence-electron chi connectivity index (χ0n) is 19.8. The Hall–Kier alpha value is -3.80. The maximum atomic E-state index is 13.5. The third-order valence-electron chi connectivity index (χ3n) is 5.53. The van der Waals surface area contributed by atoms with Crippen LogP contribution in [0.5, 0.6) is 0 Å². The highest BCUT2D eigenvalue weighted by atomic mass is 19.1. The van der Waals surface area contributed by atoms with E-state index in [1.807, 2.05) is 24.3 Å². The molecule has 1 heterocycles. The van der Waals surface area contributed by atoms with Crippen molar-refractivity contribution < 1.29 is 14.0 Å². The summed E-state index contributed by atoms with van der Waals surface area (Å²) in [6, 6.07) is 16.4. The smallest absolute Gasteiger partial charge is 0.251 e. The molecule has 5 nitrogen and oxygen atoms in total. The highest BCUT2D eigenvalue weighted by molar-refractivity contribution is 6.06. The largest absolute Gasteiger partial charge is 0.354 e. The van der Waals surface area contributed by atoms with Crippen LogP contribution < -0.4 is 10.2 Å². The van der Waals surface area contributed by atoms with Gasteiger partial charge in [-0.3, -0.25) is 19.5 Å². The molecule has 1 atom stereocenters. The molecule has 0 bridgehead atoms. The minimum Gasteiger partial charge on any atom is -0.354 e. The van der Waals surface area contributed by atoms with Gasteiger partial charge in [0.1, 0.15) is 11.9 Å². The molecule has 0 fully saturated rings. The Morgan fingerprint density at radius 1 is 1.12 bits per heavy atom. The second-order valence-corrected chi connectivity index (χ2v) is 9.07. The van der Waals surface area contributed by atoms with Gasteiger partial charge in [-0.25, -0.2) is 4.39 Å². The van der Waals surface area contributed by atoms with Gasteiger partial charge in [-0.1, -0.05) is 57.7 Å². The van der Waals surface area contributed by atoms with Crippen LogP contribution >= 0.6 is 0 Å². The standard InChI is InChI=1S/C28H30FN3O2/c1-5-25(33)32(24-13-11-22(12-14-24)28(2,3)4)26(21-9-7-16-30-19-21)27(34)31-17-15-20-8-6-10-23(29)18-20/h5-14,16,18-19,26H,1,15,17H2,2-4H3,(H,31,34)/t26-/m0/s1. The summed E-state index contributed by atoms with van der Waals surface area (Å²) in [5.41, 5.74) is 2.98. The van der Waals surface area contributed by atoms with Crippen molar-refractivity contribution in [2.45, 2.75) is 38.6 Å². The Balaban J connectivity index is 1.92. The summed E-state index contributed by atoms with van der Waals surface area (Å²) in [6.07, 6.45) is 4.84. The first-order valence-electron chi connectivity index (χ1n) is 11.2. The van der Waals surface area contributed by atoms with Crippen molar-refractivity contribution in [1.82, 2.24) is 10.3 Å². The quantitative estimate of drug-likeness (QED) is 0.475. The topological polar surface area (TPSA) is 62.3 Å². The van der Waals surface area contributed by atoms with E-state index in [9.17, 15) is 14.0 Å². The first-order chi connectivity index (χ1) is 16.2. The summed E-state index contributed by atoms with van der Waals surface area (Å²) in [7, 11) is 0. The average Bonchev–Trinajstić information content (AvgIpc) is 2.82. The number of halogens is 1. The lowest BCUT2D eigenvalue weighted by Crippen LogP contribution is -2.44. The minimum atomic E-state index is -0.952. The Morgan fingerprint density at radius 3 is 2.44 bits per heavy atom. The summed E-state index contributed by atoms with van der Waals surface area (Å²) in [6.45, 7) is 10.3. The van der Waals surface area contributed by atoms with Crippen LogP contribution in [0.3, 0.4) is 0 Å². The Bertz CT molecular complexity index is 1140. The lowest BCUT2D eigenvalue weighted by Gasteiger charge is -2.31. The molecule has 1 aromatic heterocycles. The van der Waals surface area contributed by atoms with Crippen molar-refractivity contribution in [2.75, 3.05) is 11.4 Å². The zero-order chi connectivity index (χ0) is 24.7. The van der Waals surface area contributed by atoms with E-state index in [0.717, 1.165) is 11.1 Å². The molecule has 3 aromatic rings. The fourth-order valence-electron chi connectivity index (χ4n) is 3.70. The van der Waals surface area contributed by atoms with Crippen LogP contribution in [-0.2, 0) is 21.4 Å². The number of carbonyl (C=O) groups excluding carboxylic acids is 2. The van der Waals surface area contributed by atoms with E-state index >= 15 is 0 Å². The van der Waals surface area contributed by atoms with Crippen molar-refractivity contribution in [3.05, 3.63) is 108 Å². The zero-order valence-corrected chi connectivity index (χ0v) is 19.8. The van der Waals surface area contributed by atoms with Gasteiger partial charge in [0.25, 0.3) is 5.91 Å². The number of carbonyl (C=O) groups is 2. The van der Waals surface area contributed by atoms with Crippen molar-refractivity contribution >= 4 is 17.5 Å². The van der Waals surface area contributed by atoms with E-state index in [2.05, 4.69) is 37.7 Å². The molecule has 0 aliphatic rings. The second-order valence-electron chi connectivity index (χ2n) is 9.07. The van der Waals surface area contributed by atoms with Crippen LogP contribution in [0, 0.1) is 5.82 Å². The van der Waals surface area contributed by atoms with Gasteiger partial charge in [0, 0.05) is 30.2 Å².